The van der Waals surface area contributed by atoms with Crippen molar-refractivity contribution in [3.63, 3.8) is 0 Å². The van der Waals surface area contributed by atoms with Crippen LogP contribution in [0, 0.1) is 0 Å². The lowest BCUT2D eigenvalue weighted by Crippen LogP contribution is -2.51. The van der Waals surface area contributed by atoms with E-state index in [-0.39, 0.29) is 0 Å². The predicted octanol–water partition coefficient (Wildman–Crippen LogP) is -2.05. The van der Waals surface area contributed by atoms with Crippen molar-refractivity contribution in [1.82, 2.24) is 9.80 Å². The topological polar surface area (TPSA) is 202 Å². The molecule has 0 saturated carbocycles. The van der Waals surface area contributed by atoms with Crippen LogP contribution < -0.4 is 0 Å². The van der Waals surface area contributed by atoms with E-state index < -0.39 is 69.0 Å². The van der Waals surface area contributed by atoms with Crippen molar-refractivity contribution in [2.45, 2.75) is 6.23 Å². The second kappa shape index (κ2) is 9.96. The van der Waals surface area contributed by atoms with Crippen molar-refractivity contribution >= 4 is 30.0 Å². The zero-order valence-electron chi connectivity index (χ0n) is 12.2. The van der Waals surface area contributed by atoms with Gasteiger partial charge >= 0.3 is 30.0 Å². The van der Waals surface area contributed by atoms with E-state index in [0.29, 0.717) is 4.90 Å². The summed E-state index contributed by atoms with van der Waals surface area (Å²) in [6.45, 7) is -4.11. The van der Waals surface area contributed by atoms with Gasteiger partial charge in [0.15, 0.2) is 6.23 Å². The van der Waals surface area contributed by atoms with Gasteiger partial charge in [0.1, 0.15) is 13.1 Å². The molecule has 0 rings (SSSR count). The minimum atomic E-state index is -1.87. The Hall–Kier alpha value is -2.93. The lowest BCUT2D eigenvalue weighted by atomic mass is 10.3. The summed E-state index contributed by atoms with van der Waals surface area (Å²) in [5.41, 5.74) is 0. The van der Waals surface area contributed by atoms with Crippen LogP contribution in [0.2, 0.25) is 0 Å². The molecule has 1 unspecified atom stereocenters. The smallest absolute Gasteiger partial charge is 0.480 e. The van der Waals surface area contributed by atoms with Crippen LogP contribution in [0.4, 0.5) is 4.79 Å². The number of rotatable bonds is 12. The molecule has 0 aromatic rings. The molecular weight excluding hydrogens is 336 g/mol. The van der Waals surface area contributed by atoms with Gasteiger partial charge in [0.25, 0.3) is 0 Å². The summed E-state index contributed by atoms with van der Waals surface area (Å²) in [6, 6.07) is 0. The normalized spacial score (nSPS) is 11.9. The van der Waals surface area contributed by atoms with E-state index in [1.54, 1.807) is 0 Å². The molecule has 136 valence electrons. The molecule has 0 aliphatic carbocycles. The monoisotopic (exact) mass is 352 g/mol. The van der Waals surface area contributed by atoms with E-state index in [4.69, 9.17) is 25.5 Å². The van der Waals surface area contributed by atoms with Crippen LogP contribution in [0.5, 0.6) is 0 Å². The van der Waals surface area contributed by atoms with Crippen LogP contribution in [0.1, 0.15) is 0 Å². The van der Waals surface area contributed by atoms with Crippen LogP contribution in [0.15, 0.2) is 0 Å². The number of ether oxygens (including phenoxy) is 1. The minimum Gasteiger partial charge on any atom is -0.480 e. The lowest BCUT2D eigenvalue weighted by Gasteiger charge is -2.31. The number of hydrogen-bond acceptors (Lipinski definition) is 8. The lowest BCUT2D eigenvalue weighted by molar-refractivity contribution is -0.152. The molecule has 0 aromatic heterocycles. The zero-order chi connectivity index (χ0) is 18.9. The van der Waals surface area contributed by atoms with Gasteiger partial charge in [-0.25, -0.2) is 9.69 Å². The highest BCUT2D eigenvalue weighted by molar-refractivity contribution is 5.73. The van der Waals surface area contributed by atoms with Gasteiger partial charge in [-0.2, -0.15) is 0 Å². The van der Waals surface area contributed by atoms with Gasteiger partial charge in [0.05, 0.1) is 19.6 Å². The molecule has 0 bridgehead atoms. The summed E-state index contributed by atoms with van der Waals surface area (Å²) < 4.78 is 4.40. The van der Waals surface area contributed by atoms with Crippen molar-refractivity contribution in [3.8, 4) is 0 Å². The number of carboxylic acids is 4. The summed E-state index contributed by atoms with van der Waals surface area (Å²) in [5, 5.41) is 43.7. The highest BCUT2D eigenvalue weighted by Crippen LogP contribution is 2.06. The van der Waals surface area contributed by atoms with Gasteiger partial charge in [-0.05, 0) is 0 Å². The Morgan fingerprint density at radius 1 is 0.708 bits per heavy atom. The molecule has 24 heavy (non-hydrogen) atoms. The molecular formula is C11H16N2O11. The first-order valence-electron chi connectivity index (χ1n) is 6.24. The molecule has 0 fully saturated rings. The molecule has 0 spiro atoms. The standard InChI is InChI=1S/C11H16N2O11/c14-7(15)2-12(3-8(16)17)1-6(24-11(22)23)13(4-9(18)19)5-10(20)21/h6H,1-5H2,(H,14,15)(H,16,17)(H,18,19)(H,20,21)(H,22,23). The van der Waals surface area contributed by atoms with Gasteiger partial charge in [0, 0.05) is 0 Å². The third kappa shape index (κ3) is 9.91. The van der Waals surface area contributed by atoms with Crippen molar-refractivity contribution < 1.29 is 54.2 Å². The Balaban J connectivity index is 5.36. The van der Waals surface area contributed by atoms with Crippen molar-refractivity contribution in [3.05, 3.63) is 0 Å². The Labute approximate surface area is 134 Å². The number of carboxylic acid groups (broad SMARTS) is 5. The third-order valence-electron chi connectivity index (χ3n) is 2.45. The summed E-state index contributed by atoms with van der Waals surface area (Å²) in [5.74, 6) is -5.82. The highest BCUT2D eigenvalue weighted by Gasteiger charge is 2.29. The van der Waals surface area contributed by atoms with E-state index in [1.165, 1.54) is 0 Å². The first-order chi connectivity index (χ1) is 11.0. The first-order valence-corrected chi connectivity index (χ1v) is 6.24. The second-order valence-corrected chi connectivity index (χ2v) is 4.49. The Morgan fingerprint density at radius 2 is 1.08 bits per heavy atom. The summed E-state index contributed by atoms with van der Waals surface area (Å²) >= 11 is 0. The van der Waals surface area contributed by atoms with Gasteiger partial charge < -0.3 is 30.3 Å². The molecule has 1 atom stereocenters. The van der Waals surface area contributed by atoms with Crippen molar-refractivity contribution in [2.24, 2.45) is 0 Å². The molecule has 0 heterocycles. The maximum atomic E-state index is 10.8. The molecule has 0 radical (unpaired) electrons. The zero-order valence-corrected chi connectivity index (χ0v) is 12.2. The summed E-state index contributed by atoms with van der Waals surface area (Å²) in [7, 11) is 0. The van der Waals surface area contributed by atoms with Crippen molar-refractivity contribution in [1.29, 1.82) is 0 Å². The quantitative estimate of drug-likeness (QED) is 0.190. The van der Waals surface area contributed by atoms with E-state index >= 15 is 0 Å². The second-order valence-electron chi connectivity index (χ2n) is 4.49. The van der Waals surface area contributed by atoms with Crippen LogP contribution >= 0.6 is 0 Å². The van der Waals surface area contributed by atoms with Crippen LogP contribution in [-0.4, -0.2) is 104 Å². The number of aliphatic carboxylic acids is 4. The third-order valence-corrected chi connectivity index (χ3v) is 2.45. The van der Waals surface area contributed by atoms with E-state index in [1.807, 2.05) is 0 Å². The number of carbonyl (C=O) groups is 5. The van der Waals surface area contributed by atoms with Crippen LogP contribution in [0.3, 0.4) is 0 Å². The molecule has 0 aromatic carbocycles. The molecule has 0 aliphatic heterocycles. The maximum absolute atomic E-state index is 10.8. The van der Waals surface area contributed by atoms with Gasteiger partial charge in [-0.1, -0.05) is 0 Å². The molecule has 13 nitrogen and oxygen atoms in total. The molecule has 0 amide bonds. The van der Waals surface area contributed by atoms with Crippen molar-refractivity contribution in [2.75, 3.05) is 32.7 Å². The molecule has 13 heteroatoms. The van der Waals surface area contributed by atoms with E-state index in [9.17, 15) is 24.0 Å². The minimum absolute atomic E-state index is 0.607. The van der Waals surface area contributed by atoms with E-state index in [2.05, 4.69) is 4.74 Å². The molecule has 0 saturated heterocycles. The Kier molecular flexibility index (Phi) is 8.74. The Bertz CT molecular complexity index is 474. The van der Waals surface area contributed by atoms with Gasteiger partial charge in [-0.15, -0.1) is 0 Å². The average Bonchev–Trinajstić information content (AvgIpc) is 2.33. The fourth-order valence-electron chi connectivity index (χ4n) is 1.74. The number of hydrogen-bond donors (Lipinski definition) is 5. The first kappa shape index (κ1) is 21.1. The highest BCUT2D eigenvalue weighted by atomic mass is 16.7. The van der Waals surface area contributed by atoms with Gasteiger partial charge in [-0.3, -0.25) is 24.1 Å². The number of nitrogens with zero attached hydrogens (tertiary/aromatic N) is 2. The summed E-state index contributed by atoms with van der Waals surface area (Å²) in [4.78, 5) is 55.1. The van der Waals surface area contributed by atoms with Gasteiger partial charge in [0.2, 0.25) is 0 Å². The Morgan fingerprint density at radius 3 is 1.38 bits per heavy atom. The fraction of sp³-hybridized carbons (Fsp3) is 0.545. The van der Waals surface area contributed by atoms with Crippen LogP contribution in [-0.2, 0) is 23.9 Å². The molecule has 0 aliphatic rings. The summed E-state index contributed by atoms with van der Waals surface area (Å²) in [6.07, 6.45) is -3.57. The fourth-order valence-corrected chi connectivity index (χ4v) is 1.74. The van der Waals surface area contributed by atoms with Crippen LogP contribution in [0.25, 0.3) is 0 Å². The average molecular weight is 352 g/mol. The predicted molar refractivity (Wildman–Crippen MR) is 71.5 cm³/mol. The maximum Gasteiger partial charge on any atom is 0.507 e. The SMILES string of the molecule is O=C(O)CN(CC(=O)O)CC(OC(=O)O)N(CC(=O)O)CC(=O)O. The largest absolute Gasteiger partial charge is 0.507 e. The molecule has 5 N–H and O–H groups in total. The van der Waals surface area contributed by atoms with E-state index in [0.717, 1.165) is 4.90 Å².